The summed E-state index contributed by atoms with van der Waals surface area (Å²) < 4.78 is 1.96. The third kappa shape index (κ3) is 3.08. The second-order valence-electron chi connectivity index (χ2n) is 5.18. The van der Waals surface area contributed by atoms with Crippen LogP contribution in [0.3, 0.4) is 0 Å². The molecule has 1 aromatic rings. The molecule has 3 N–H and O–H groups in total. The Kier molecular flexibility index (Phi) is 5.14. The van der Waals surface area contributed by atoms with Gasteiger partial charge in [-0.1, -0.05) is 11.6 Å². The van der Waals surface area contributed by atoms with E-state index >= 15 is 0 Å². The SMILES string of the molecule is CC(C)n1ncc(Cl)c1C(NN)C1CSCCN1C. The van der Waals surface area contributed by atoms with Gasteiger partial charge in [-0.3, -0.25) is 15.4 Å². The van der Waals surface area contributed by atoms with Gasteiger partial charge in [0, 0.05) is 30.1 Å². The van der Waals surface area contributed by atoms with Crippen molar-refractivity contribution in [3.63, 3.8) is 0 Å². The van der Waals surface area contributed by atoms with Crippen molar-refractivity contribution < 1.29 is 0 Å². The molecule has 7 heteroatoms. The van der Waals surface area contributed by atoms with Crippen LogP contribution in [0.1, 0.15) is 31.6 Å². The lowest BCUT2D eigenvalue weighted by atomic mass is 10.0. The van der Waals surface area contributed by atoms with Crippen molar-refractivity contribution in [3.05, 3.63) is 16.9 Å². The van der Waals surface area contributed by atoms with Crippen LogP contribution >= 0.6 is 23.4 Å². The lowest BCUT2D eigenvalue weighted by Gasteiger charge is -2.37. The van der Waals surface area contributed by atoms with Gasteiger partial charge >= 0.3 is 0 Å². The maximum atomic E-state index is 6.33. The first-order chi connectivity index (χ1) is 9.06. The Morgan fingerprint density at radius 2 is 2.32 bits per heavy atom. The fourth-order valence-electron chi connectivity index (χ4n) is 2.48. The van der Waals surface area contributed by atoms with E-state index in [-0.39, 0.29) is 12.1 Å². The molecule has 2 atom stereocenters. The molecule has 0 aliphatic carbocycles. The first-order valence-corrected chi connectivity index (χ1v) is 8.06. The molecular formula is C12H22ClN5S. The molecule has 2 heterocycles. The summed E-state index contributed by atoms with van der Waals surface area (Å²) in [6.45, 7) is 5.26. The van der Waals surface area contributed by atoms with E-state index in [1.54, 1.807) is 6.20 Å². The third-order valence-electron chi connectivity index (χ3n) is 3.58. The Balaban J connectivity index is 2.33. The summed E-state index contributed by atoms with van der Waals surface area (Å²) in [5.74, 6) is 8.02. The highest BCUT2D eigenvalue weighted by atomic mass is 35.5. The Bertz CT molecular complexity index is 422. The van der Waals surface area contributed by atoms with Crippen molar-refractivity contribution in [1.29, 1.82) is 0 Å². The maximum Gasteiger partial charge on any atom is 0.0835 e. The van der Waals surface area contributed by atoms with E-state index in [1.807, 2.05) is 16.4 Å². The minimum absolute atomic E-state index is 0.00444. The lowest BCUT2D eigenvalue weighted by molar-refractivity contribution is 0.209. The van der Waals surface area contributed by atoms with E-state index in [1.165, 1.54) is 5.75 Å². The summed E-state index contributed by atoms with van der Waals surface area (Å²) in [5.41, 5.74) is 3.93. The third-order valence-corrected chi connectivity index (χ3v) is 4.92. The van der Waals surface area contributed by atoms with Crippen LogP contribution in [0.2, 0.25) is 5.02 Å². The molecule has 1 aromatic heterocycles. The molecule has 0 radical (unpaired) electrons. The molecule has 108 valence electrons. The highest BCUT2D eigenvalue weighted by Gasteiger charge is 2.32. The molecule has 19 heavy (non-hydrogen) atoms. The van der Waals surface area contributed by atoms with Crippen molar-refractivity contribution in [2.75, 3.05) is 25.1 Å². The lowest BCUT2D eigenvalue weighted by Crippen LogP contribution is -2.50. The van der Waals surface area contributed by atoms with Crippen LogP contribution in [0.15, 0.2) is 6.20 Å². The van der Waals surface area contributed by atoms with Crippen molar-refractivity contribution in [2.24, 2.45) is 5.84 Å². The average Bonchev–Trinajstić information content (AvgIpc) is 2.75. The predicted molar refractivity (Wildman–Crippen MR) is 81.4 cm³/mol. The maximum absolute atomic E-state index is 6.33. The van der Waals surface area contributed by atoms with E-state index in [9.17, 15) is 0 Å². The number of rotatable bonds is 4. The van der Waals surface area contributed by atoms with E-state index in [2.05, 4.69) is 36.3 Å². The monoisotopic (exact) mass is 303 g/mol. The summed E-state index contributed by atoms with van der Waals surface area (Å²) in [4.78, 5) is 2.34. The smallest absolute Gasteiger partial charge is 0.0835 e. The van der Waals surface area contributed by atoms with E-state index < -0.39 is 0 Å². The number of hydrazine groups is 1. The number of nitrogens with two attached hydrogens (primary N) is 1. The fraction of sp³-hybridized carbons (Fsp3) is 0.750. The van der Waals surface area contributed by atoms with Crippen LogP contribution in [0.25, 0.3) is 0 Å². The van der Waals surface area contributed by atoms with E-state index in [0.717, 1.165) is 18.0 Å². The van der Waals surface area contributed by atoms with Crippen LogP contribution in [0, 0.1) is 0 Å². The molecular weight excluding hydrogens is 282 g/mol. The number of thioether (sulfide) groups is 1. The first kappa shape index (κ1) is 15.1. The summed E-state index contributed by atoms with van der Waals surface area (Å²) in [6, 6.07) is 0.588. The molecule has 1 aliphatic heterocycles. The van der Waals surface area contributed by atoms with Gasteiger partial charge in [0.15, 0.2) is 0 Å². The quantitative estimate of drug-likeness (QED) is 0.654. The van der Waals surface area contributed by atoms with Gasteiger partial charge in [0.2, 0.25) is 0 Å². The topological polar surface area (TPSA) is 59.1 Å². The van der Waals surface area contributed by atoms with Gasteiger partial charge in [-0.2, -0.15) is 16.9 Å². The highest BCUT2D eigenvalue weighted by molar-refractivity contribution is 7.99. The molecule has 1 fully saturated rings. The number of nitrogens with one attached hydrogen (secondary N) is 1. The van der Waals surface area contributed by atoms with Gasteiger partial charge < -0.3 is 0 Å². The molecule has 1 saturated heterocycles. The number of hydrogen-bond donors (Lipinski definition) is 2. The van der Waals surface area contributed by atoms with Gasteiger partial charge in [-0.15, -0.1) is 0 Å². The van der Waals surface area contributed by atoms with Gasteiger partial charge in [-0.25, -0.2) is 5.43 Å². The van der Waals surface area contributed by atoms with Crippen LogP contribution in [0.4, 0.5) is 0 Å². The molecule has 0 amide bonds. The molecule has 1 aliphatic rings. The summed E-state index contributed by atoms with van der Waals surface area (Å²) in [5, 5.41) is 5.05. The van der Waals surface area contributed by atoms with Crippen LogP contribution in [0.5, 0.6) is 0 Å². The van der Waals surface area contributed by atoms with E-state index in [4.69, 9.17) is 17.4 Å². The molecule has 2 rings (SSSR count). The van der Waals surface area contributed by atoms with Gasteiger partial charge in [0.05, 0.1) is 23.0 Å². The molecule has 0 bridgehead atoms. The van der Waals surface area contributed by atoms with Crippen LogP contribution in [-0.4, -0.2) is 45.8 Å². The first-order valence-electron chi connectivity index (χ1n) is 6.53. The van der Waals surface area contributed by atoms with Gasteiger partial charge in [0.1, 0.15) is 0 Å². The van der Waals surface area contributed by atoms with Gasteiger partial charge in [-0.05, 0) is 20.9 Å². The second kappa shape index (κ2) is 6.45. The van der Waals surface area contributed by atoms with Gasteiger partial charge in [0.25, 0.3) is 0 Å². The minimum atomic E-state index is -0.00444. The Hall–Kier alpha value is -0.270. The predicted octanol–water partition coefficient (Wildman–Crippen LogP) is 1.67. The number of hydrogen-bond acceptors (Lipinski definition) is 5. The summed E-state index contributed by atoms with van der Waals surface area (Å²) in [7, 11) is 2.14. The minimum Gasteiger partial charge on any atom is -0.300 e. The standard InChI is InChI=1S/C12H22ClN5S/c1-8(2)18-12(9(13)6-15-18)11(16-14)10-7-19-5-4-17(10)3/h6,8,10-11,16H,4-5,7,14H2,1-3H3. The Morgan fingerprint density at radius 1 is 1.58 bits per heavy atom. The number of likely N-dealkylation sites (N-methyl/N-ethyl adjacent to an activating group) is 1. The average molecular weight is 304 g/mol. The highest BCUT2D eigenvalue weighted by Crippen LogP contribution is 2.31. The normalized spacial score (nSPS) is 22.9. The fourth-order valence-corrected chi connectivity index (χ4v) is 4.00. The summed E-state index contributed by atoms with van der Waals surface area (Å²) >= 11 is 8.28. The zero-order chi connectivity index (χ0) is 14.0. The van der Waals surface area contributed by atoms with Crippen molar-refractivity contribution in [1.82, 2.24) is 20.1 Å². The summed E-state index contributed by atoms with van der Waals surface area (Å²) in [6.07, 6.45) is 1.71. The zero-order valence-electron chi connectivity index (χ0n) is 11.6. The van der Waals surface area contributed by atoms with Crippen molar-refractivity contribution in [3.8, 4) is 0 Å². The van der Waals surface area contributed by atoms with Crippen LogP contribution in [-0.2, 0) is 0 Å². The van der Waals surface area contributed by atoms with E-state index in [0.29, 0.717) is 11.1 Å². The molecule has 0 spiro atoms. The van der Waals surface area contributed by atoms with Crippen molar-refractivity contribution >= 4 is 23.4 Å². The number of aromatic nitrogens is 2. The van der Waals surface area contributed by atoms with Crippen molar-refractivity contribution in [2.45, 2.75) is 32.0 Å². The Morgan fingerprint density at radius 3 is 2.89 bits per heavy atom. The molecule has 0 aromatic carbocycles. The largest absolute Gasteiger partial charge is 0.300 e. The second-order valence-corrected chi connectivity index (χ2v) is 6.74. The Labute approximate surface area is 123 Å². The molecule has 0 saturated carbocycles. The molecule has 5 nitrogen and oxygen atoms in total. The van der Waals surface area contributed by atoms with Crippen LogP contribution < -0.4 is 11.3 Å². The number of halogens is 1. The zero-order valence-corrected chi connectivity index (χ0v) is 13.2. The number of nitrogens with zero attached hydrogens (tertiary/aromatic N) is 3. The molecule has 2 unspecified atom stereocenters.